The van der Waals surface area contributed by atoms with E-state index in [1.165, 1.54) is 12.8 Å². The SMILES string of the molecule is CCCCCC([NH3+])O. The Balaban J connectivity index is 2.72. The first-order valence-electron chi connectivity index (χ1n) is 3.28. The zero-order chi connectivity index (χ0) is 6.41. The Hall–Kier alpha value is -0.0800. The van der Waals surface area contributed by atoms with E-state index in [2.05, 4.69) is 12.7 Å². The van der Waals surface area contributed by atoms with Crippen molar-refractivity contribution in [3.05, 3.63) is 0 Å². The minimum atomic E-state index is -0.346. The van der Waals surface area contributed by atoms with E-state index in [4.69, 9.17) is 5.11 Å². The summed E-state index contributed by atoms with van der Waals surface area (Å²) in [5, 5.41) is 8.67. The second-order valence-corrected chi connectivity index (χ2v) is 2.15. The van der Waals surface area contributed by atoms with E-state index in [1.807, 2.05) is 0 Å². The molecule has 0 bridgehead atoms. The second-order valence-electron chi connectivity index (χ2n) is 2.15. The van der Waals surface area contributed by atoms with Crippen molar-refractivity contribution in [1.29, 1.82) is 0 Å². The highest BCUT2D eigenvalue weighted by atomic mass is 16.3. The molecule has 0 heterocycles. The lowest BCUT2D eigenvalue weighted by molar-refractivity contribution is -0.483. The molecule has 2 heteroatoms. The molecule has 0 aliphatic rings. The van der Waals surface area contributed by atoms with Crippen molar-refractivity contribution < 1.29 is 10.8 Å². The average molecular weight is 118 g/mol. The number of rotatable bonds is 4. The summed E-state index contributed by atoms with van der Waals surface area (Å²) in [6, 6.07) is 0. The van der Waals surface area contributed by atoms with Crippen LogP contribution in [0.25, 0.3) is 0 Å². The summed E-state index contributed by atoms with van der Waals surface area (Å²) < 4.78 is 0. The van der Waals surface area contributed by atoms with Gasteiger partial charge >= 0.3 is 0 Å². The van der Waals surface area contributed by atoms with Gasteiger partial charge < -0.3 is 10.8 Å². The van der Waals surface area contributed by atoms with Gasteiger partial charge in [0.25, 0.3) is 0 Å². The Morgan fingerprint density at radius 2 is 2.12 bits per heavy atom. The van der Waals surface area contributed by atoms with Crippen molar-refractivity contribution in [2.75, 3.05) is 0 Å². The number of hydrogen-bond acceptors (Lipinski definition) is 1. The Labute approximate surface area is 50.7 Å². The summed E-state index contributed by atoms with van der Waals surface area (Å²) in [7, 11) is 0. The summed E-state index contributed by atoms with van der Waals surface area (Å²) in [4.78, 5) is 0. The summed E-state index contributed by atoms with van der Waals surface area (Å²) in [6.45, 7) is 2.15. The lowest BCUT2D eigenvalue weighted by Crippen LogP contribution is -2.60. The minimum absolute atomic E-state index is 0.346. The highest BCUT2D eigenvalue weighted by molar-refractivity contribution is 4.39. The number of unbranched alkanes of at least 4 members (excludes halogenated alkanes) is 2. The van der Waals surface area contributed by atoms with Gasteiger partial charge in [-0.15, -0.1) is 0 Å². The monoisotopic (exact) mass is 118 g/mol. The van der Waals surface area contributed by atoms with Crippen LogP contribution in [-0.4, -0.2) is 11.3 Å². The molecule has 8 heavy (non-hydrogen) atoms. The molecule has 0 radical (unpaired) electrons. The molecule has 50 valence electrons. The van der Waals surface area contributed by atoms with E-state index in [0.717, 1.165) is 12.8 Å². The van der Waals surface area contributed by atoms with Crippen molar-refractivity contribution in [2.45, 2.75) is 38.8 Å². The highest BCUT2D eigenvalue weighted by Crippen LogP contribution is 1.97. The van der Waals surface area contributed by atoms with Gasteiger partial charge in [-0.1, -0.05) is 19.8 Å². The number of aliphatic hydroxyl groups excluding tert-OH is 1. The number of quaternary nitrogens is 1. The maximum Gasteiger partial charge on any atom is 0.185 e. The third-order valence-electron chi connectivity index (χ3n) is 1.14. The van der Waals surface area contributed by atoms with Gasteiger partial charge in [-0.3, -0.25) is 0 Å². The van der Waals surface area contributed by atoms with Gasteiger partial charge in [0.2, 0.25) is 0 Å². The van der Waals surface area contributed by atoms with Gasteiger partial charge in [-0.2, -0.15) is 0 Å². The molecule has 0 saturated carbocycles. The van der Waals surface area contributed by atoms with Crippen LogP contribution in [0, 0.1) is 0 Å². The Morgan fingerprint density at radius 3 is 2.50 bits per heavy atom. The molecule has 0 aliphatic heterocycles. The van der Waals surface area contributed by atoms with Crippen molar-refractivity contribution >= 4 is 0 Å². The lowest BCUT2D eigenvalue weighted by Gasteiger charge is -1.97. The molecule has 4 N–H and O–H groups in total. The zero-order valence-electron chi connectivity index (χ0n) is 5.56. The van der Waals surface area contributed by atoms with E-state index in [0.29, 0.717) is 0 Å². The zero-order valence-corrected chi connectivity index (χ0v) is 5.56. The molecular weight excluding hydrogens is 102 g/mol. The van der Waals surface area contributed by atoms with Crippen molar-refractivity contribution in [2.24, 2.45) is 0 Å². The lowest BCUT2D eigenvalue weighted by atomic mass is 10.2. The van der Waals surface area contributed by atoms with E-state index >= 15 is 0 Å². The number of hydrogen-bond donors (Lipinski definition) is 2. The van der Waals surface area contributed by atoms with Crippen LogP contribution >= 0.6 is 0 Å². The molecule has 0 spiro atoms. The fraction of sp³-hybridized carbons (Fsp3) is 1.00. The van der Waals surface area contributed by atoms with Crippen LogP contribution in [0.4, 0.5) is 0 Å². The smallest absolute Gasteiger partial charge is 0.185 e. The van der Waals surface area contributed by atoms with Gasteiger partial charge in [-0.25, -0.2) is 0 Å². The molecule has 1 unspecified atom stereocenters. The summed E-state index contributed by atoms with van der Waals surface area (Å²) >= 11 is 0. The second kappa shape index (κ2) is 5.06. The first-order chi connectivity index (χ1) is 3.77. The fourth-order valence-electron chi connectivity index (χ4n) is 0.630. The summed E-state index contributed by atoms with van der Waals surface area (Å²) in [5.74, 6) is 0. The summed E-state index contributed by atoms with van der Waals surface area (Å²) in [5.41, 5.74) is 3.47. The van der Waals surface area contributed by atoms with Crippen LogP contribution in [0.15, 0.2) is 0 Å². The maximum atomic E-state index is 8.67. The third kappa shape index (κ3) is 5.92. The van der Waals surface area contributed by atoms with Crippen LogP contribution in [0.5, 0.6) is 0 Å². The summed E-state index contributed by atoms with van der Waals surface area (Å²) in [6.07, 6.45) is 4.05. The van der Waals surface area contributed by atoms with Crippen molar-refractivity contribution in [3.8, 4) is 0 Å². The van der Waals surface area contributed by atoms with Crippen molar-refractivity contribution in [3.63, 3.8) is 0 Å². The van der Waals surface area contributed by atoms with E-state index in [9.17, 15) is 0 Å². The molecule has 1 atom stereocenters. The largest absolute Gasteiger partial charge is 0.345 e. The van der Waals surface area contributed by atoms with Gasteiger partial charge in [0.15, 0.2) is 6.23 Å². The molecule has 2 nitrogen and oxygen atoms in total. The fourth-order valence-corrected chi connectivity index (χ4v) is 0.630. The molecule has 0 aromatic carbocycles. The Morgan fingerprint density at radius 1 is 1.50 bits per heavy atom. The van der Waals surface area contributed by atoms with Crippen LogP contribution in [0.1, 0.15) is 32.6 Å². The third-order valence-corrected chi connectivity index (χ3v) is 1.14. The highest BCUT2D eigenvalue weighted by Gasteiger charge is 1.95. The van der Waals surface area contributed by atoms with Gasteiger partial charge in [0, 0.05) is 6.42 Å². The Bertz CT molecular complexity index is 45.8. The molecule has 0 fully saturated rings. The molecule has 0 amide bonds. The average Bonchev–Trinajstić information content (AvgIpc) is 1.66. The molecule has 0 aliphatic carbocycles. The minimum Gasteiger partial charge on any atom is -0.345 e. The maximum absolute atomic E-state index is 8.67. The van der Waals surface area contributed by atoms with Crippen LogP contribution < -0.4 is 5.73 Å². The first kappa shape index (κ1) is 7.92. The van der Waals surface area contributed by atoms with E-state index in [1.54, 1.807) is 0 Å². The predicted molar refractivity (Wildman–Crippen MR) is 33.0 cm³/mol. The number of aliphatic hydroxyl groups is 1. The molecule has 0 rings (SSSR count). The quantitative estimate of drug-likeness (QED) is 0.400. The topological polar surface area (TPSA) is 47.9 Å². The van der Waals surface area contributed by atoms with Crippen LogP contribution in [-0.2, 0) is 0 Å². The van der Waals surface area contributed by atoms with E-state index < -0.39 is 0 Å². The molecule has 0 aromatic heterocycles. The molecule has 0 aromatic rings. The van der Waals surface area contributed by atoms with Crippen LogP contribution in [0.2, 0.25) is 0 Å². The van der Waals surface area contributed by atoms with E-state index in [-0.39, 0.29) is 6.23 Å². The molecule has 0 saturated heterocycles. The van der Waals surface area contributed by atoms with Crippen LogP contribution in [0.3, 0.4) is 0 Å². The van der Waals surface area contributed by atoms with Crippen molar-refractivity contribution in [1.82, 2.24) is 0 Å². The molecular formula is C6H16NO+. The first-order valence-corrected chi connectivity index (χ1v) is 3.28. The standard InChI is InChI=1S/C6H15NO/c1-2-3-4-5-6(7)8/h6,8H,2-5,7H2,1H3/p+1. The Kier molecular flexibility index (Phi) is 5.01. The van der Waals surface area contributed by atoms with Gasteiger partial charge in [0.1, 0.15) is 0 Å². The normalized spacial score (nSPS) is 13.9. The van der Waals surface area contributed by atoms with Gasteiger partial charge in [0.05, 0.1) is 0 Å². The predicted octanol–water partition coefficient (Wildman–Crippen LogP) is 0.127. The van der Waals surface area contributed by atoms with Gasteiger partial charge in [-0.05, 0) is 6.42 Å².